The van der Waals surface area contributed by atoms with Gasteiger partial charge in [0.05, 0.1) is 5.75 Å². The summed E-state index contributed by atoms with van der Waals surface area (Å²) in [5.41, 5.74) is 0.588. The van der Waals surface area contributed by atoms with E-state index in [2.05, 4.69) is 4.99 Å². The van der Waals surface area contributed by atoms with Crippen LogP contribution >= 0.6 is 11.8 Å². The Balaban J connectivity index is 2.26. The molecular formula is C6H7N2OS+. The molecule has 1 fully saturated rings. The third kappa shape index (κ3) is 0.803. The zero-order chi connectivity index (χ0) is 6.97. The van der Waals surface area contributed by atoms with E-state index in [9.17, 15) is 4.79 Å². The summed E-state index contributed by atoms with van der Waals surface area (Å²) >= 11 is 1.85. The molecule has 0 aromatic carbocycles. The summed E-state index contributed by atoms with van der Waals surface area (Å²) in [5, 5.41) is 0. The number of aldehydes is 1. The van der Waals surface area contributed by atoms with Crippen LogP contribution in [-0.4, -0.2) is 23.8 Å². The number of nitrogens with zero attached hydrogens (tertiary/aromatic N) is 1. The van der Waals surface area contributed by atoms with Crippen molar-refractivity contribution in [1.82, 2.24) is 0 Å². The van der Waals surface area contributed by atoms with E-state index in [0.29, 0.717) is 5.70 Å². The first kappa shape index (κ1) is 6.12. The van der Waals surface area contributed by atoms with Crippen LogP contribution in [0.2, 0.25) is 0 Å². The van der Waals surface area contributed by atoms with Crippen molar-refractivity contribution in [2.75, 3.05) is 11.6 Å². The Morgan fingerprint density at radius 1 is 1.80 bits per heavy atom. The van der Waals surface area contributed by atoms with E-state index in [1.165, 1.54) is 4.90 Å². The Morgan fingerprint density at radius 3 is 3.40 bits per heavy atom. The molecular weight excluding hydrogens is 148 g/mol. The van der Waals surface area contributed by atoms with Gasteiger partial charge in [0.25, 0.3) is 0 Å². The Hall–Kier alpha value is -0.610. The van der Waals surface area contributed by atoms with Gasteiger partial charge in [-0.15, -0.1) is 0 Å². The van der Waals surface area contributed by atoms with Gasteiger partial charge in [0.15, 0.2) is 12.0 Å². The maximum absolute atomic E-state index is 10.2. The van der Waals surface area contributed by atoms with Gasteiger partial charge in [0.2, 0.25) is 5.84 Å². The minimum absolute atomic E-state index is 0.588. The Morgan fingerprint density at radius 2 is 2.70 bits per heavy atom. The largest absolute Gasteiger partial charge is 0.296 e. The standard InChI is InChI=1S/C6H6N2OS/c9-2-5-1-8-4-10-3-6(8)7-5/h1-2H,3-4H2/p+1. The van der Waals surface area contributed by atoms with Gasteiger partial charge < -0.3 is 0 Å². The molecule has 0 radical (unpaired) electrons. The Labute approximate surface area is 62.8 Å². The van der Waals surface area contributed by atoms with E-state index in [-0.39, 0.29) is 0 Å². The van der Waals surface area contributed by atoms with Gasteiger partial charge in [0, 0.05) is 0 Å². The van der Waals surface area contributed by atoms with Crippen molar-refractivity contribution in [3.8, 4) is 0 Å². The van der Waals surface area contributed by atoms with E-state index in [1.54, 1.807) is 0 Å². The highest BCUT2D eigenvalue weighted by atomic mass is 32.2. The number of thioether (sulfide) groups is 1. The van der Waals surface area contributed by atoms with E-state index in [1.807, 2.05) is 18.0 Å². The fourth-order valence-corrected chi connectivity index (χ4v) is 2.10. The van der Waals surface area contributed by atoms with Crippen molar-refractivity contribution >= 4 is 23.9 Å². The summed E-state index contributed by atoms with van der Waals surface area (Å²) in [7, 11) is 0. The number of aliphatic imine (C=N–C) groups is 1. The van der Waals surface area contributed by atoms with Gasteiger partial charge in [-0.25, -0.2) is 0 Å². The summed E-state index contributed by atoms with van der Waals surface area (Å²) < 4.78 is 0. The number of rotatable bonds is 1. The number of fused-ring (bicyclic) bond motifs is 1. The molecule has 0 aliphatic carbocycles. The van der Waals surface area contributed by atoms with E-state index in [4.69, 9.17) is 0 Å². The molecule has 2 heterocycles. The maximum atomic E-state index is 10.2. The highest BCUT2D eigenvalue weighted by Gasteiger charge is 2.28. The number of quaternary nitrogens is 1. The first-order chi connectivity index (χ1) is 4.90. The zero-order valence-electron chi connectivity index (χ0n) is 5.33. The Kier molecular flexibility index (Phi) is 1.35. The van der Waals surface area contributed by atoms with Crippen LogP contribution in [0.4, 0.5) is 0 Å². The summed E-state index contributed by atoms with van der Waals surface area (Å²) in [5.74, 6) is 3.10. The molecule has 0 spiro atoms. The van der Waals surface area contributed by atoms with Crippen molar-refractivity contribution in [2.24, 2.45) is 4.99 Å². The minimum Gasteiger partial charge on any atom is -0.296 e. The first-order valence-corrected chi connectivity index (χ1v) is 4.24. The van der Waals surface area contributed by atoms with Gasteiger partial charge in [-0.1, -0.05) is 11.8 Å². The molecule has 0 amide bonds. The third-order valence-electron chi connectivity index (χ3n) is 1.57. The molecule has 10 heavy (non-hydrogen) atoms. The molecule has 4 heteroatoms. The lowest BCUT2D eigenvalue weighted by Crippen LogP contribution is -3.07. The molecule has 1 unspecified atom stereocenters. The average Bonchev–Trinajstić information content (AvgIpc) is 2.42. The van der Waals surface area contributed by atoms with Gasteiger partial charge in [-0.2, -0.15) is 4.99 Å². The SMILES string of the molecule is O=CC1=C[NH+]2CSCC2=N1. The van der Waals surface area contributed by atoms with Gasteiger partial charge in [-0.3, -0.25) is 9.69 Å². The van der Waals surface area contributed by atoms with Crippen LogP contribution < -0.4 is 4.90 Å². The molecule has 1 N–H and O–H groups in total. The summed E-state index contributed by atoms with van der Waals surface area (Å²) in [4.78, 5) is 15.6. The van der Waals surface area contributed by atoms with Gasteiger partial charge in [-0.05, 0) is 0 Å². The van der Waals surface area contributed by atoms with E-state index >= 15 is 0 Å². The average molecular weight is 155 g/mol. The molecule has 0 bridgehead atoms. The number of nitrogens with one attached hydrogen (secondary N) is 1. The summed E-state index contributed by atoms with van der Waals surface area (Å²) in [6.07, 6.45) is 2.69. The van der Waals surface area contributed by atoms with Gasteiger partial charge >= 0.3 is 0 Å². The summed E-state index contributed by atoms with van der Waals surface area (Å²) in [6.45, 7) is 0. The lowest BCUT2D eigenvalue weighted by molar-refractivity contribution is -0.724. The van der Waals surface area contributed by atoms with Crippen molar-refractivity contribution in [3.05, 3.63) is 11.9 Å². The van der Waals surface area contributed by atoms with Crippen LogP contribution in [0.5, 0.6) is 0 Å². The number of allylic oxidation sites excluding steroid dienone is 1. The molecule has 0 aromatic rings. The van der Waals surface area contributed by atoms with Crippen molar-refractivity contribution in [2.45, 2.75) is 0 Å². The minimum atomic E-state index is 0.588. The normalized spacial score (nSPS) is 29.4. The van der Waals surface area contributed by atoms with Crippen LogP contribution in [0, 0.1) is 0 Å². The predicted octanol–water partition coefficient (Wildman–Crippen LogP) is -0.972. The number of carbonyl (C=O) groups excluding carboxylic acids is 1. The number of carbonyl (C=O) groups is 1. The van der Waals surface area contributed by atoms with E-state index in [0.717, 1.165) is 23.8 Å². The second-order valence-corrected chi connectivity index (χ2v) is 3.25. The topological polar surface area (TPSA) is 33.9 Å². The number of amidine groups is 1. The number of hydrogen-bond donors (Lipinski definition) is 1. The van der Waals surface area contributed by atoms with Crippen molar-refractivity contribution in [3.63, 3.8) is 0 Å². The highest BCUT2D eigenvalue weighted by Crippen LogP contribution is 2.06. The second-order valence-electron chi connectivity index (χ2n) is 2.26. The quantitative estimate of drug-likeness (QED) is 0.494. The molecule has 1 atom stereocenters. The molecule has 3 nitrogen and oxygen atoms in total. The van der Waals surface area contributed by atoms with Crippen molar-refractivity contribution < 1.29 is 9.69 Å². The molecule has 2 aliphatic heterocycles. The molecule has 0 saturated carbocycles. The van der Waals surface area contributed by atoms with Crippen LogP contribution in [0.3, 0.4) is 0 Å². The number of hydrogen-bond acceptors (Lipinski definition) is 3. The Bertz CT molecular complexity index is 234. The second kappa shape index (κ2) is 2.21. The smallest absolute Gasteiger partial charge is 0.217 e. The van der Waals surface area contributed by atoms with Crippen LogP contribution in [-0.2, 0) is 4.79 Å². The van der Waals surface area contributed by atoms with E-state index < -0.39 is 0 Å². The first-order valence-electron chi connectivity index (χ1n) is 3.08. The molecule has 2 aliphatic rings. The van der Waals surface area contributed by atoms with Crippen LogP contribution in [0.25, 0.3) is 0 Å². The monoisotopic (exact) mass is 155 g/mol. The lowest BCUT2D eigenvalue weighted by Gasteiger charge is -1.96. The fraction of sp³-hybridized carbons (Fsp3) is 0.333. The fourth-order valence-electron chi connectivity index (χ4n) is 1.09. The third-order valence-corrected chi connectivity index (χ3v) is 2.57. The lowest BCUT2D eigenvalue weighted by atomic mass is 10.5. The zero-order valence-corrected chi connectivity index (χ0v) is 6.15. The molecule has 0 aromatic heterocycles. The molecule has 1 saturated heterocycles. The van der Waals surface area contributed by atoms with Crippen molar-refractivity contribution in [1.29, 1.82) is 0 Å². The maximum Gasteiger partial charge on any atom is 0.217 e. The van der Waals surface area contributed by atoms with Crippen LogP contribution in [0.15, 0.2) is 16.9 Å². The van der Waals surface area contributed by atoms with Gasteiger partial charge in [0.1, 0.15) is 12.1 Å². The summed E-state index contributed by atoms with van der Waals surface area (Å²) in [6, 6.07) is 0. The predicted molar refractivity (Wildman–Crippen MR) is 39.9 cm³/mol. The van der Waals surface area contributed by atoms with Crippen LogP contribution in [0.1, 0.15) is 0 Å². The molecule has 52 valence electrons. The highest BCUT2D eigenvalue weighted by molar-refractivity contribution is 8.00. The molecule has 2 rings (SSSR count).